The van der Waals surface area contributed by atoms with Gasteiger partial charge in [-0.05, 0) is 35.9 Å². The van der Waals surface area contributed by atoms with E-state index in [1.54, 1.807) is 6.08 Å². The number of anilines is 2. The van der Waals surface area contributed by atoms with Gasteiger partial charge in [0, 0.05) is 24.5 Å². The van der Waals surface area contributed by atoms with E-state index in [-0.39, 0.29) is 5.57 Å². The molecule has 2 aromatic rings. The molecule has 5 heteroatoms. The van der Waals surface area contributed by atoms with Crippen LogP contribution in [0.1, 0.15) is 5.56 Å². The van der Waals surface area contributed by atoms with Crippen LogP contribution in [0.5, 0.6) is 0 Å². The molecule has 5 nitrogen and oxygen atoms in total. The van der Waals surface area contributed by atoms with Gasteiger partial charge in [-0.1, -0.05) is 30.3 Å². The molecule has 126 valence electrons. The van der Waals surface area contributed by atoms with Crippen LogP contribution in [0, 0.1) is 11.3 Å². The van der Waals surface area contributed by atoms with Crippen LogP contribution in [-0.2, 0) is 9.53 Å². The van der Waals surface area contributed by atoms with Gasteiger partial charge in [0.25, 0.3) is 5.91 Å². The Labute approximate surface area is 147 Å². The molecule has 0 aliphatic carbocycles. The van der Waals surface area contributed by atoms with Crippen molar-refractivity contribution < 1.29 is 9.53 Å². The highest BCUT2D eigenvalue weighted by Crippen LogP contribution is 2.19. The van der Waals surface area contributed by atoms with E-state index in [1.807, 2.05) is 60.7 Å². The Balaban J connectivity index is 1.67. The highest BCUT2D eigenvalue weighted by molar-refractivity contribution is 6.09. The lowest BCUT2D eigenvalue weighted by molar-refractivity contribution is -0.112. The van der Waals surface area contributed by atoms with Crippen LogP contribution >= 0.6 is 0 Å². The summed E-state index contributed by atoms with van der Waals surface area (Å²) >= 11 is 0. The number of benzene rings is 2. The molecule has 25 heavy (non-hydrogen) atoms. The molecule has 1 N–H and O–H groups in total. The molecular weight excluding hydrogens is 314 g/mol. The lowest BCUT2D eigenvalue weighted by Gasteiger charge is -2.28. The van der Waals surface area contributed by atoms with E-state index in [4.69, 9.17) is 4.74 Å². The Hall–Kier alpha value is -3.10. The molecule has 1 amide bonds. The van der Waals surface area contributed by atoms with Crippen molar-refractivity contribution in [3.63, 3.8) is 0 Å². The predicted molar refractivity (Wildman–Crippen MR) is 98.1 cm³/mol. The third-order valence-corrected chi connectivity index (χ3v) is 3.98. The summed E-state index contributed by atoms with van der Waals surface area (Å²) in [5.41, 5.74) is 2.65. The largest absolute Gasteiger partial charge is 0.378 e. The first kappa shape index (κ1) is 16.7. The molecule has 0 bridgehead atoms. The summed E-state index contributed by atoms with van der Waals surface area (Å²) in [5.74, 6) is -0.412. The maximum atomic E-state index is 12.3. The van der Waals surface area contributed by atoms with Crippen molar-refractivity contribution in [3.05, 3.63) is 65.7 Å². The number of amides is 1. The fourth-order valence-corrected chi connectivity index (χ4v) is 2.64. The second-order valence-corrected chi connectivity index (χ2v) is 5.68. The van der Waals surface area contributed by atoms with E-state index >= 15 is 0 Å². The maximum Gasteiger partial charge on any atom is 0.266 e. The smallest absolute Gasteiger partial charge is 0.266 e. The van der Waals surface area contributed by atoms with Crippen molar-refractivity contribution in [1.82, 2.24) is 0 Å². The van der Waals surface area contributed by atoms with Gasteiger partial charge in [0.2, 0.25) is 0 Å². The highest BCUT2D eigenvalue weighted by Gasteiger charge is 2.12. The number of ether oxygens (including phenoxy) is 1. The molecule has 2 aromatic carbocycles. The number of carbonyl (C=O) groups excluding carboxylic acids is 1. The van der Waals surface area contributed by atoms with E-state index in [9.17, 15) is 10.1 Å². The Morgan fingerprint density at radius 3 is 2.40 bits per heavy atom. The number of hydrogen-bond donors (Lipinski definition) is 1. The van der Waals surface area contributed by atoms with Crippen molar-refractivity contribution in [2.24, 2.45) is 0 Å². The first-order valence-corrected chi connectivity index (χ1v) is 8.17. The zero-order valence-corrected chi connectivity index (χ0v) is 13.8. The number of nitrogens with zero attached hydrogens (tertiary/aromatic N) is 2. The van der Waals surface area contributed by atoms with Crippen LogP contribution in [0.3, 0.4) is 0 Å². The monoisotopic (exact) mass is 333 g/mol. The Kier molecular flexibility index (Phi) is 5.45. The molecule has 0 atom stereocenters. The maximum absolute atomic E-state index is 12.3. The molecule has 0 saturated carbocycles. The molecule has 1 aliphatic heterocycles. The van der Waals surface area contributed by atoms with Gasteiger partial charge in [0.1, 0.15) is 11.6 Å². The molecule has 1 heterocycles. The predicted octanol–water partition coefficient (Wildman–Crippen LogP) is 3.07. The van der Waals surface area contributed by atoms with E-state index in [0.717, 1.165) is 37.6 Å². The molecule has 0 unspecified atom stereocenters. The van der Waals surface area contributed by atoms with Gasteiger partial charge in [-0.2, -0.15) is 5.26 Å². The molecule has 1 fully saturated rings. The second kappa shape index (κ2) is 8.13. The summed E-state index contributed by atoms with van der Waals surface area (Å²) in [6.45, 7) is 3.19. The lowest BCUT2D eigenvalue weighted by Crippen LogP contribution is -2.36. The number of nitriles is 1. The summed E-state index contributed by atoms with van der Waals surface area (Å²) in [6.07, 6.45) is 1.58. The summed E-state index contributed by atoms with van der Waals surface area (Å²) in [7, 11) is 0. The summed E-state index contributed by atoms with van der Waals surface area (Å²) in [6, 6.07) is 18.9. The van der Waals surface area contributed by atoms with Gasteiger partial charge in [0.05, 0.1) is 13.2 Å². The van der Waals surface area contributed by atoms with Crippen molar-refractivity contribution in [2.75, 3.05) is 36.5 Å². The molecule has 1 aliphatic rings. The molecule has 0 radical (unpaired) electrons. The number of hydrogen-bond acceptors (Lipinski definition) is 4. The van der Waals surface area contributed by atoms with Crippen molar-refractivity contribution in [1.29, 1.82) is 5.26 Å². The summed E-state index contributed by atoms with van der Waals surface area (Å²) in [5, 5.41) is 12.0. The van der Waals surface area contributed by atoms with E-state index in [2.05, 4.69) is 10.2 Å². The number of morpholine rings is 1. The van der Waals surface area contributed by atoms with Gasteiger partial charge in [-0.15, -0.1) is 0 Å². The van der Waals surface area contributed by atoms with Gasteiger partial charge >= 0.3 is 0 Å². The zero-order valence-electron chi connectivity index (χ0n) is 13.8. The molecule has 0 aromatic heterocycles. The highest BCUT2D eigenvalue weighted by atomic mass is 16.5. The zero-order chi connectivity index (χ0) is 17.5. The first-order valence-electron chi connectivity index (χ1n) is 8.17. The molecular formula is C20H19N3O2. The summed E-state index contributed by atoms with van der Waals surface area (Å²) in [4.78, 5) is 14.5. The minimum atomic E-state index is -0.412. The number of carbonyl (C=O) groups is 1. The van der Waals surface area contributed by atoms with Crippen molar-refractivity contribution >= 4 is 23.4 Å². The van der Waals surface area contributed by atoms with Crippen LogP contribution in [-0.4, -0.2) is 32.2 Å². The average molecular weight is 333 g/mol. The summed E-state index contributed by atoms with van der Waals surface area (Å²) < 4.78 is 5.35. The average Bonchev–Trinajstić information content (AvgIpc) is 2.68. The Bertz CT molecular complexity index is 786. The van der Waals surface area contributed by atoms with E-state index in [0.29, 0.717) is 5.69 Å². The minimum Gasteiger partial charge on any atom is -0.378 e. The third-order valence-electron chi connectivity index (χ3n) is 3.98. The van der Waals surface area contributed by atoms with Crippen LogP contribution < -0.4 is 10.2 Å². The Morgan fingerprint density at radius 2 is 1.76 bits per heavy atom. The topological polar surface area (TPSA) is 65.4 Å². The van der Waals surface area contributed by atoms with Crippen molar-refractivity contribution in [2.45, 2.75) is 0 Å². The van der Waals surface area contributed by atoms with Gasteiger partial charge in [0.15, 0.2) is 0 Å². The van der Waals surface area contributed by atoms with E-state index in [1.165, 1.54) is 0 Å². The standard InChI is InChI=1S/C20H19N3O2/c21-15-17(14-16-4-2-1-3-5-16)20(24)22-18-6-8-19(9-7-18)23-10-12-25-13-11-23/h1-9,14H,10-13H2,(H,22,24)/b17-14+. The number of nitrogens with one attached hydrogen (secondary N) is 1. The molecule has 3 rings (SSSR count). The quantitative estimate of drug-likeness (QED) is 0.690. The van der Waals surface area contributed by atoms with Crippen LogP contribution in [0.4, 0.5) is 11.4 Å². The van der Waals surface area contributed by atoms with Crippen LogP contribution in [0.25, 0.3) is 6.08 Å². The fourth-order valence-electron chi connectivity index (χ4n) is 2.64. The lowest BCUT2D eigenvalue weighted by atomic mass is 10.1. The molecule has 1 saturated heterocycles. The molecule has 0 spiro atoms. The van der Waals surface area contributed by atoms with E-state index < -0.39 is 5.91 Å². The van der Waals surface area contributed by atoms with Crippen LogP contribution in [0.15, 0.2) is 60.2 Å². The fraction of sp³-hybridized carbons (Fsp3) is 0.200. The second-order valence-electron chi connectivity index (χ2n) is 5.68. The normalized spacial score (nSPS) is 14.7. The SMILES string of the molecule is N#C/C(=C\c1ccccc1)C(=O)Nc1ccc(N2CCOCC2)cc1. The third kappa shape index (κ3) is 4.46. The van der Waals surface area contributed by atoms with Gasteiger partial charge in [-0.25, -0.2) is 0 Å². The Morgan fingerprint density at radius 1 is 1.08 bits per heavy atom. The number of rotatable bonds is 4. The first-order chi connectivity index (χ1) is 12.3. The van der Waals surface area contributed by atoms with Gasteiger partial charge < -0.3 is 15.0 Å². The van der Waals surface area contributed by atoms with Crippen molar-refractivity contribution in [3.8, 4) is 6.07 Å². The van der Waals surface area contributed by atoms with Gasteiger partial charge in [-0.3, -0.25) is 4.79 Å². The van der Waals surface area contributed by atoms with Crippen LogP contribution in [0.2, 0.25) is 0 Å². The minimum absolute atomic E-state index is 0.0726.